The number of nitrogens with two attached hydrogens (primary N) is 1. The summed E-state index contributed by atoms with van der Waals surface area (Å²) >= 11 is 0. The summed E-state index contributed by atoms with van der Waals surface area (Å²) in [5, 5.41) is 2.88. The van der Waals surface area contributed by atoms with Crippen molar-refractivity contribution >= 4 is 5.91 Å². The quantitative estimate of drug-likeness (QED) is 0.846. The number of carbonyl (C=O) groups is 1. The fourth-order valence-electron chi connectivity index (χ4n) is 2.27. The SMILES string of the molecule is COc1c(CCC(=O)NC(C)CN)cccc1C(C)(C)C. The second-order valence-corrected chi connectivity index (χ2v) is 6.45. The molecule has 1 atom stereocenters. The van der Waals surface area contributed by atoms with E-state index in [2.05, 4.69) is 32.2 Å². The average molecular weight is 292 g/mol. The van der Waals surface area contributed by atoms with Crippen molar-refractivity contribution in [2.24, 2.45) is 5.73 Å². The first-order valence-corrected chi connectivity index (χ1v) is 7.45. The molecule has 0 heterocycles. The van der Waals surface area contributed by atoms with E-state index in [9.17, 15) is 4.79 Å². The van der Waals surface area contributed by atoms with Crippen LogP contribution in [0, 0.1) is 0 Å². The molecule has 0 bridgehead atoms. The second-order valence-electron chi connectivity index (χ2n) is 6.45. The van der Waals surface area contributed by atoms with E-state index >= 15 is 0 Å². The summed E-state index contributed by atoms with van der Waals surface area (Å²) < 4.78 is 5.59. The molecular formula is C17H28N2O2. The van der Waals surface area contributed by atoms with Crippen molar-refractivity contribution in [2.45, 2.75) is 52.0 Å². The van der Waals surface area contributed by atoms with Crippen LogP contribution in [0.25, 0.3) is 0 Å². The largest absolute Gasteiger partial charge is 0.496 e. The van der Waals surface area contributed by atoms with Gasteiger partial charge in [-0.25, -0.2) is 0 Å². The third-order valence-corrected chi connectivity index (χ3v) is 3.49. The Morgan fingerprint density at radius 2 is 2.05 bits per heavy atom. The Kier molecular flexibility index (Phi) is 6.21. The van der Waals surface area contributed by atoms with Gasteiger partial charge >= 0.3 is 0 Å². The highest BCUT2D eigenvalue weighted by Crippen LogP contribution is 2.34. The molecule has 4 nitrogen and oxygen atoms in total. The Morgan fingerprint density at radius 3 is 2.57 bits per heavy atom. The van der Waals surface area contributed by atoms with E-state index in [0.29, 0.717) is 19.4 Å². The number of para-hydroxylation sites is 1. The van der Waals surface area contributed by atoms with E-state index in [1.807, 2.05) is 19.1 Å². The van der Waals surface area contributed by atoms with Gasteiger partial charge in [0.15, 0.2) is 0 Å². The lowest BCUT2D eigenvalue weighted by atomic mass is 9.84. The van der Waals surface area contributed by atoms with Crippen molar-refractivity contribution < 1.29 is 9.53 Å². The second kappa shape index (κ2) is 7.46. The predicted molar refractivity (Wildman–Crippen MR) is 86.7 cm³/mol. The molecule has 1 amide bonds. The lowest BCUT2D eigenvalue weighted by molar-refractivity contribution is -0.121. The van der Waals surface area contributed by atoms with Gasteiger partial charge in [0.1, 0.15) is 5.75 Å². The lowest BCUT2D eigenvalue weighted by Gasteiger charge is -2.24. The molecule has 1 aromatic carbocycles. The van der Waals surface area contributed by atoms with Gasteiger partial charge in [0.25, 0.3) is 0 Å². The monoisotopic (exact) mass is 292 g/mol. The van der Waals surface area contributed by atoms with E-state index < -0.39 is 0 Å². The lowest BCUT2D eigenvalue weighted by Crippen LogP contribution is -2.37. The zero-order chi connectivity index (χ0) is 16.0. The average Bonchev–Trinajstić information content (AvgIpc) is 2.43. The Morgan fingerprint density at radius 1 is 1.38 bits per heavy atom. The molecule has 4 heteroatoms. The first-order chi connectivity index (χ1) is 9.79. The predicted octanol–water partition coefficient (Wildman–Crippen LogP) is 2.39. The van der Waals surface area contributed by atoms with Gasteiger partial charge in [-0.15, -0.1) is 0 Å². The molecule has 0 aliphatic carbocycles. The molecule has 0 saturated carbocycles. The zero-order valence-electron chi connectivity index (χ0n) is 13.8. The summed E-state index contributed by atoms with van der Waals surface area (Å²) in [6.07, 6.45) is 1.10. The number of carbonyl (C=O) groups excluding carboxylic acids is 1. The Hall–Kier alpha value is -1.55. The standard InChI is InChI=1S/C17H28N2O2/c1-12(11-18)19-15(20)10-9-13-7-6-8-14(16(13)21-5)17(2,3)4/h6-8,12H,9-11,18H2,1-5H3,(H,19,20). The van der Waals surface area contributed by atoms with Crippen LogP contribution in [0.2, 0.25) is 0 Å². The van der Waals surface area contributed by atoms with E-state index in [-0.39, 0.29) is 17.4 Å². The normalized spacial score (nSPS) is 12.9. The molecule has 118 valence electrons. The highest BCUT2D eigenvalue weighted by atomic mass is 16.5. The van der Waals surface area contributed by atoms with Gasteiger partial charge in [-0.3, -0.25) is 4.79 Å². The number of amides is 1. The summed E-state index contributed by atoms with van der Waals surface area (Å²) in [4.78, 5) is 11.9. The maximum Gasteiger partial charge on any atom is 0.220 e. The molecule has 0 aliphatic rings. The molecule has 0 radical (unpaired) electrons. The molecule has 0 aromatic heterocycles. The highest BCUT2D eigenvalue weighted by Gasteiger charge is 2.21. The number of rotatable bonds is 6. The smallest absolute Gasteiger partial charge is 0.220 e. The van der Waals surface area contributed by atoms with Gasteiger partial charge in [-0.2, -0.15) is 0 Å². The summed E-state index contributed by atoms with van der Waals surface area (Å²) in [6, 6.07) is 6.14. The molecule has 0 saturated heterocycles. The van der Waals surface area contributed by atoms with Crippen LogP contribution in [0.3, 0.4) is 0 Å². The van der Waals surface area contributed by atoms with Crippen LogP contribution in [-0.4, -0.2) is 25.6 Å². The van der Waals surface area contributed by atoms with Crippen LogP contribution >= 0.6 is 0 Å². The van der Waals surface area contributed by atoms with Gasteiger partial charge in [-0.05, 0) is 29.9 Å². The minimum atomic E-state index is 0.0116. The minimum absolute atomic E-state index is 0.0116. The van der Waals surface area contributed by atoms with Crippen molar-refractivity contribution in [3.8, 4) is 5.75 Å². The van der Waals surface area contributed by atoms with Gasteiger partial charge in [-0.1, -0.05) is 39.0 Å². The third kappa shape index (κ3) is 5.05. The van der Waals surface area contributed by atoms with Crippen LogP contribution < -0.4 is 15.8 Å². The number of methoxy groups -OCH3 is 1. The van der Waals surface area contributed by atoms with Crippen molar-refractivity contribution in [3.63, 3.8) is 0 Å². The van der Waals surface area contributed by atoms with Crippen molar-refractivity contribution in [1.29, 1.82) is 0 Å². The van der Waals surface area contributed by atoms with Crippen LogP contribution in [0.4, 0.5) is 0 Å². The molecular weight excluding hydrogens is 264 g/mol. The maximum atomic E-state index is 11.9. The van der Waals surface area contributed by atoms with E-state index in [0.717, 1.165) is 11.3 Å². The summed E-state index contributed by atoms with van der Waals surface area (Å²) in [5.74, 6) is 0.917. The Balaban J connectivity index is 2.82. The molecule has 1 rings (SSSR count). The molecule has 1 unspecified atom stereocenters. The number of ether oxygens (including phenoxy) is 1. The first-order valence-electron chi connectivity index (χ1n) is 7.45. The van der Waals surface area contributed by atoms with Crippen LogP contribution in [0.1, 0.15) is 45.2 Å². The summed E-state index contributed by atoms with van der Waals surface area (Å²) in [7, 11) is 1.69. The van der Waals surface area contributed by atoms with Crippen LogP contribution in [-0.2, 0) is 16.6 Å². The third-order valence-electron chi connectivity index (χ3n) is 3.49. The van der Waals surface area contributed by atoms with Crippen molar-refractivity contribution in [1.82, 2.24) is 5.32 Å². The van der Waals surface area contributed by atoms with Crippen LogP contribution in [0.5, 0.6) is 5.75 Å². The summed E-state index contributed by atoms with van der Waals surface area (Å²) in [6.45, 7) is 8.83. The fourth-order valence-corrected chi connectivity index (χ4v) is 2.27. The number of hydrogen-bond donors (Lipinski definition) is 2. The number of hydrogen-bond acceptors (Lipinski definition) is 3. The van der Waals surface area contributed by atoms with Gasteiger partial charge in [0.05, 0.1) is 7.11 Å². The molecule has 0 spiro atoms. The van der Waals surface area contributed by atoms with Crippen molar-refractivity contribution in [3.05, 3.63) is 29.3 Å². The van der Waals surface area contributed by atoms with E-state index in [4.69, 9.17) is 10.5 Å². The van der Waals surface area contributed by atoms with Gasteiger partial charge in [0, 0.05) is 19.0 Å². The topological polar surface area (TPSA) is 64.3 Å². The summed E-state index contributed by atoms with van der Waals surface area (Å²) in [5.41, 5.74) is 7.75. The van der Waals surface area contributed by atoms with E-state index in [1.54, 1.807) is 7.11 Å². The number of benzene rings is 1. The molecule has 1 aromatic rings. The van der Waals surface area contributed by atoms with Gasteiger partial charge in [0.2, 0.25) is 5.91 Å². The molecule has 0 fully saturated rings. The Bertz CT molecular complexity index is 478. The first kappa shape index (κ1) is 17.5. The minimum Gasteiger partial charge on any atom is -0.496 e. The highest BCUT2D eigenvalue weighted by molar-refractivity contribution is 5.76. The van der Waals surface area contributed by atoms with Gasteiger partial charge < -0.3 is 15.8 Å². The fraction of sp³-hybridized carbons (Fsp3) is 0.588. The zero-order valence-corrected chi connectivity index (χ0v) is 13.8. The maximum absolute atomic E-state index is 11.9. The van der Waals surface area contributed by atoms with Crippen LogP contribution in [0.15, 0.2) is 18.2 Å². The number of nitrogens with one attached hydrogen (secondary N) is 1. The molecule has 0 aliphatic heterocycles. The molecule has 21 heavy (non-hydrogen) atoms. The Labute approximate surface area is 128 Å². The van der Waals surface area contributed by atoms with Crippen molar-refractivity contribution in [2.75, 3.05) is 13.7 Å². The number of aryl methyl sites for hydroxylation is 1. The van der Waals surface area contributed by atoms with E-state index in [1.165, 1.54) is 5.56 Å². The molecule has 3 N–H and O–H groups in total.